The van der Waals surface area contributed by atoms with E-state index in [0.29, 0.717) is 34.2 Å². The minimum atomic E-state index is -0.172. The molecule has 0 saturated carbocycles. The van der Waals surface area contributed by atoms with Crippen molar-refractivity contribution in [1.82, 2.24) is 20.2 Å². The summed E-state index contributed by atoms with van der Waals surface area (Å²) in [5.74, 6) is 0.516. The highest BCUT2D eigenvalue weighted by Gasteiger charge is 2.16. The molecule has 0 aliphatic carbocycles. The van der Waals surface area contributed by atoms with E-state index in [1.807, 2.05) is 43.2 Å². The van der Waals surface area contributed by atoms with E-state index in [9.17, 15) is 9.59 Å². The van der Waals surface area contributed by atoms with Crippen LogP contribution in [0.1, 0.15) is 26.6 Å². The molecule has 8 heteroatoms. The zero-order chi connectivity index (χ0) is 20.3. The lowest BCUT2D eigenvalue weighted by atomic mass is 10.1. The average molecular weight is 419 g/mol. The second-order valence-corrected chi connectivity index (χ2v) is 8.17. The molecule has 28 heavy (non-hydrogen) atoms. The maximum absolute atomic E-state index is 12.7. The van der Waals surface area contributed by atoms with Crippen LogP contribution in [0.25, 0.3) is 21.3 Å². The lowest BCUT2D eigenvalue weighted by Crippen LogP contribution is -2.40. The van der Waals surface area contributed by atoms with Gasteiger partial charge in [-0.15, -0.1) is 11.3 Å². The fraction of sp³-hybridized carbons (Fsp3) is 0.350. The van der Waals surface area contributed by atoms with Gasteiger partial charge in [-0.25, -0.2) is 4.98 Å². The largest absolute Gasteiger partial charge is 0.353 e. The van der Waals surface area contributed by atoms with Crippen molar-refractivity contribution in [2.75, 3.05) is 13.1 Å². The van der Waals surface area contributed by atoms with E-state index >= 15 is 0 Å². The number of thiophene rings is 1. The van der Waals surface area contributed by atoms with Gasteiger partial charge >= 0.3 is 0 Å². The van der Waals surface area contributed by atoms with E-state index in [1.54, 1.807) is 12.1 Å². The summed E-state index contributed by atoms with van der Waals surface area (Å²) in [6.07, 6.45) is 0. The molecule has 6 nitrogen and oxygen atoms in total. The van der Waals surface area contributed by atoms with Gasteiger partial charge < -0.3 is 10.3 Å². The van der Waals surface area contributed by atoms with Crippen molar-refractivity contribution >= 4 is 39.1 Å². The maximum Gasteiger partial charge on any atom is 0.260 e. The molecule has 3 rings (SSSR count). The fourth-order valence-electron chi connectivity index (χ4n) is 2.97. The van der Waals surface area contributed by atoms with Gasteiger partial charge in [0.2, 0.25) is 5.91 Å². The Morgan fingerprint density at radius 2 is 2.04 bits per heavy atom. The molecule has 0 bridgehead atoms. The van der Waals surface area contributed by atoms with Crippen LogP contribution in [0.4, 0.5) is 0 Å². The first-order valence-corrected chi connectivity index (χ1v) is 10.4. The molecule has 0 aliphatic rings. The molecule has 2 heterocycles. The number of nitrogens with zero attached hydrogens (tertiary/aromatic N) is 2. The van der Waals surface area contributed by atoms with Crippen LogP contribution in [-0.4, -0.2) is 39.9 Å². The molecule has 3 aromatic rings. The van der Waals surface area contributed by atoms with Crippen LogP contribution in [0.5, 0.6) is 0 Å². The third-order valence-electron chi connectivity index (χ3n) is 4.29. The van der Waals surface area contributed by atoms with Crippen LogP contribution in [-0.2, 0) is 11.3 Å². The molecule has 1 aromatic carbocycles. The van der Waals surface area contributed by atoms with E-state index in [0.717, 1.165) is 11.1 Å². The lowest BCUT2D eigenvalue weighted by molar-refractivity contribution is -0.122. The number of aromatic nitrogens is 2. The molecule has 0 atom stereocenters. The Balaban J connectivity index is 1.85. The van der Waals surface area contributed by atoms with E-state index in [2.05, 4.69) is 15.3 Å². The summed E-state index contributed by atoms with van der Waals surface area (Å²) in [5, 5.41) is 6.05. The van der Waals surface area contributed by atoms with Crippen LogP contribution in [0, 0.1) is 0 Å². The number of carbonyl (C=O) groups excluding carboxylic acids is 1. The van der Waals surface area contributed by atoms with Crippen molar-refractivity contribution in [3.05, 3.63) is 50.8 Å². The topological polar surface area (TPSA) is 78.1 Å². The molecule has 0 saturated heterocycles. The molecule has 0 unspecified atom stereocenters. The number of H-pyrrole nitrogens is 1. The minimum absolute atomic E-state index is 0.0403. The molecule has 0 aliphatic heterocycles. The standard InChI is InChI=1S/C20H23ClN4O2S/c1-4-25(10-17(26)22-12(2)3)9-16-23-19(27)18-15(11-28-20(18)24-16)13-5-7-14(21)8-6-13/h5-8,11-12H,4,9-10H2,1-3H3,(H,22,26)(H,23,24,27). The van der Waals surface area contributed by atoms with Gasteiger partial charge in [-0.1, -0.05) is 30.7 Å². The average Bonchev–Trinajstić information content (AvgIpc) is 3.05. The number of likely N-dealkylation sites (N-methyl/N-ethyl adjacent to an activating group) is 1. The molecule has 2 aromatic heterocycles. The summed E-state index contributed by atoms with van der Waals surface area (Å²) in [5.41, 5.74) is 1.60. The number of carbonyl (C=O) groups is 1. The molecule has 148 valence electrons. The van der Waals surface area contributed by atoms with Gasteiger partial charge in [0.15, 0.2) is 0 Å². The van der Waals surface area contributed by atoms with Crippen LogP contribution in [0.3, 0.4) is 0 Å². The first-order chi connectivity index (χ1) is 13.4. The quantitative estimate of drug-likeness (QED) is 0.613. The zero-order valence-electron chi connectivity index (χ0n) is 16.1. The Hall–Kier alpha value is -2.22. The highest BCUT2D eigenvalue weighted by atomic mass is 35.5. The Morgan fingerprint density at radius 1 is 1.32 bits per heavy atom. The molecular formula is C20H23ClN4O2S. The molecule has 0 spiro atoms. The molecular weight excluding hydrogens is 396 g/mol. The Bertz CT molecular complexity index is 1030. The summed E-state index contributed by atoms with van der Waals surface area (Å²) in [4.78, 5) is 34.9. The highest BCUT2D eigenvalue weighted by Crippen LogP contribution is 2.31. The normalized spacial score (nSPS) is 11.5. The second-order valence-electron chi connectivity index (χ2n) is 6.87. The van der Waals surface area contributed by atoms with Crippen LogP contribution in [0.2, 0.25) is 5.02 Å². The van der Waals surface area contributed by atoms with Gasteiger partial charge in [-0.05, 0) is 38.1 Å². The van der Waals surface area contributed by atoms with E-state index < -0.39 is 0 Å². The summed E-state index contributed by atoms with van der Waals surface area (Å²) in [6, 6.07) is 7.49. The van der Waals surface area contributed by atoms with Gasteiger partial charge in [-0.2, -0.15) is 0 Å². The number of amides is 1. The van der Waals surface area contributed by atoms with E-state index in [4.69, 9.17) is 11.6 Å². The number of aromatic amines is 1. The first kappa shape index (κ1) is 20.5. The Morgan fingerprint density at radius 3 is 2.68 bits per heavy atom. The van der Waals surface area contributed by atoms with Crippen molar-refractivity contribution in [3.63, 3.8) is 0 Å². The van der Waals surface area contributed by atoms with E-state index in [1.165, 1.54) is 11.3 Å². The zero-order valence-corrected chi connectivity index (χ0v) is 17.7. The number of fused-ring (bicyclic) bond motifs is 1. The van der Waals surface area contributed by atoms with Crippen molar-refractivity contribution in [1.29, 1.82) is 0 Å². The Kier molecular flexibility index (Phi) is 6.49. The van der Waals surface area contributed by atoms with Crippen LogP contribution in [0.15, 0.2) is 34.4 Å². The van der Waals surface area contributed by atoms with Crippen molar-refractivity contribution in [2.45, 2.75) is 33.4 Å². The van der Waals surface area contributed by atoms with Gasteiger partial charge in [0, 0.05) is 22.0 Å². The van der Waals surface area contributed by atoms with Gasteiger partial charge in [-0.3, -0.25) is 14.5 Å². The highest BCUT2D eigenvalue weighted by molar-refractivity contribution is 7.17. The summed E-state index contributed by atoms with van der Waals surface area (Å²) in [7, 11) is 0. The third kappa shape index (κ3) is 4.79. The summed E-state index contributed by atoms with van der Waals surface area (Å²) >= 11 is 7.39. The predicted molar refractivity (Wildman–Crippen MR) is 115 cm³/mol. The number of benzene rings is 1. The van der Waals surface area contributed by atoms with Crippen molar-refractivity contribution < 1.29 is 4.79 Å². The van der Waals surface area contributed by atoms with Crippen LogP contribution >= 0.6 is 22.9 Å². The molecule has 0 fully saturated rings. The van der Waals surface area contributed by atoms with Gasteiger partial charge in [0.05, 0.1) is 18.5 Å². The number of nitrogens with one attached hydrogen (secondary N) is 2. The van der Waals surface area contributed by atoms with Crippen molar-refractivity contribution in [2.24, 2.45) is 0 Å². The van der Waals surface area contributed by atoms with Crippen molar-refractivity contribution in [3.8, 4) is 11.1 Å². The lowest BCUT2D eigenvalue weighted by Gasteiger charge is -2.20. The summed E-state index contributed by atoms with van der Waals surface area (Å²) < 4.78 is 0. The molecule has 1 amide bonds. The Labute approximate surface area is 172 Å². The minimum Gasteiger partial charge on any atom is -0.353 e. The SMILES string of the molecule is CCN(CC(=O)NC(C)C)Cc1nc2scc(-c3ccc(Cl)cc3)c2c(=O)[nH]1. The summed E-state index contributed by atoms with van der Waals surface area (Å²) in [6.45, 7) is 7.17. The maximum atomic E-state index is 12.7. The molecule has 2 N–H and O–H groups in total. The smallest absolute Gasteiger partial charge is 0.260 e. The van der Waals surface area contributed by atoms with Gasteiger partial charge in [0.1, 0.15) is 10.7 Å². The van der Waals surface area contributed by atoms with E-state index in [-0.39, 0.29) is 24.1 Å². The number of rotatable bonds is 7. The predicted octanol–water partition coefficient (Wildman–Crippen LogP) is 3.65. The monoisotopic (exact) mass is 418 g/mol. The third-order valence-corrected chi connectivity index (χ3v) is 5.41. The number of hydrogen-bond acceptors (Lipinski definition) is 5. The molecule has 0 radical (unpaired) electrons. The number of hydrogen-bond donors (Lipinski definition) is 2. The van der Waals surface area contributed by atoms with Crippen LogP contribution < -0.4 is 10.9 Å². The van der Waals surface area contributed by atoms with Gasteiger partial charge in [0.25, 0.3) is 5.56 Å². The first-order valence-electron chi connectivity index (χ1n) is 9.15. The number of halogens is 1. The second kappa shape index (κ2) is 8.86. The fourth-order valence-corrected chi connectivity index (χ4v) is 4.07.